The van der Waals surface area contributed by atoms with E-state index >= 15 is 0 Å². The summed E-state index contributed by atoms with van der Waals surface area (Å²) < 4.78 is 5.07. The van der Waals surface area contributed by atoms with E-state index in [-0.39, 0.29) is 19.2 Å². The molecule has 1 rings (SSSR count). The number of carboxylic acids is 1. The zero-order valence-corrected chi connectivity index (χ0v) is 12.1. The first-order valence-electron chi connectivity index (χ1n) is 6.51. The number of hydrogen-bond donors (Lipinski definition) is 2. The molecule has 0 radical (unpaired) electrons. The highest BCUT2D eigenvalue weighted by Gasteiger charge is 2.28. The first-order valence-corrected chi connectivity index (χ1v) is 7.90. The third kappa shape index (κ3) is 6.15. The van der Waals surface area contributed by atoms with Crippen LogP contribution in [-0.2, 0) is 9.53 Å². The number of unbranched alkanes of at least 4 members (excludes halogenated alkanes) is 2. The Morgan fingerprint density at radius 1 is 1.42 bits per heavy atom. The molecule has 1 atom stereocenters. The monoisotopic (exact) mass is 290 g/mol. The van der Waals surface area contributed by atoms with Crippen molar-refractivity contribution in [3.05, 3.63) is 0 Å². The summed E-state index contributed by atoms with van der Waals surface area (Å²) in [5.74, 6) is 0.132. The molecule has 6 nitrogen and oxygen atoms in total. The second-order valence-corrected chi connectivity index (χ2v) is 5.41. The molecule has 0 saturated carbocycles. The second kappa shape index (κ2) is 9.03. The summed E-state index contributed by atoms with van der Waals surface area (Å²) in [7, 11) is 0. The number of nitrogens with one attached hydrogen (secondary N) is 1. The summed E-state index contributed by atoms with van der Waals surface area (Å²) >= 11 is 1.83. The number of nitrogens with zero attached hydrogens (tertiary/aromatic N) is 1. The number of hydrogen-bond acceptors (Lipinski definition) is 4. The summed E-state index contributed by atoms with van der Waals surface area (Å²) in [6, 6.07) is -0.195. The van der Waals surface area contributed by atoms with Gasteiger partial charge in [0.1, 0.15) is 0 Å². The Hall–Kier alpha value is -0.950. The Balaban J connectivity index is 2.16. The smallest absolute Gasteiger partial charge is 0.334 e. The third-order valence-corrected chi connectivity index (χ3v) is 3.63. The van der Waals surface area contributed by atoms with Gasteiger partial charge in [0.2, 0.25) is 0 Å². The Morgan fingerprint density at radius 3 is 2.89 bits per heavy atom. The molecule has 0 aromatic carbocycles. The van der Waals surface area contributed by atoms with Gasteiger partial charge >= 0.3 is 12.0 Å². The zero-order chi connectivity index (χ0) is 14.1. The van der Waals surface area contributed by atoms with Gasteiger partial charge in [-0.25, -0.2) is 9.59 Å². The SMILES string of the molecule is CSCCCCCNC(=O)N1CCOC(C(=O)O)C1. The van der Waals surface area contributed by atoms with Crippen LogP contribution in [0, 0.1) is 0 Å². The maximum atomic E-state index is 11.8. The van der Waals surface area contributed by atoms with Crippen LogP contribution in [0.3, 0.4) is 0 Å². The van der Waals surface area contributed by atoms with E-state index in [1.54, 1.807) is 0 Å². The molecule has 19 heavy (non-hydrogen) atoms. The standard InChI is InChI=1S/C12H22N2O4S/c1-19-8-4-2-3-5-13-12(17)14-6-7-18-10(9-14)11(15)16/h10H,2-9H2,1H3,(H,13,17)(H,15,16). The van der Waals surface area contributed by atoms with Crippen LogP contribution in [0.4, 0.5) is 4.79 Å². The lowest BCUT2D eigenvalue weighted by atomic mass is 10.2. The molecule has 0 aromatic rings. The van der Waals surface area contributed by atoms with Gasteiger partial charge < -0.3 is 20.1 Å². The summed E-state index contributed by atoms with van der Waals surface area (Å²) in [4.78, 5) is 24.1. The van der Waals surface area contributed by atoms with Crippen molar-refractivity contribution in [1.82, 2.24) is 10.2 Å². The summed E-state index contributed by atoms with van der Waals surface area (Å²) in [6.07, 6.45) is 4.40. The Bertz CT molecular complexity index is 301. The van der Waals surface area contributed by atoms with Crippen molar-refractivity contribution >= 4 is 23.8 Å². The van der Waals surface area contributed by atoms with E-state index in [1.165, 1.54) is 4.90 Å². The van der Waals surface area contributed by atoms with Gasteiger partial charge in [0.15, 0.2) is 6.10 Å². The van der Waals surface area contributed by atoms with Crippen LogP contribution in [0.5, 0.6) is 0 Å². The number of carbonyl (C=O) groups excluding carboxylic acids is 1. The molecule has 1 fully saturated rings. The lowest BCUT2D eigenvalue weighted by Crippen LogP contribution is -2.51. The van der Waals surface area contributed by atoms with E-state index in [9.17, 15) is 9.59 Å². The van der Waals surface area contributed by atoms with Crippen LogP contribution in [0.25, 0.3) is 0 Å². The van der Waals surface area contributed by atoms with Crippen molar-refractivity contribution in [2.24, 2.45) is 0 Å². The first kappa shape index (κ1) is 16.1. The van der Waals surface area contributed by atoms with Crippen LogP contribution in [0.1, 0.15) is 19.3 Å². The van der Waals surface area contributed by atoms with Crippen LogP contribution in [0.15, 0.2) is 0 Å². The molecule has 110 valence electrons. The second-order valence-electron chi connectivity index (χ2n) is 4.43. The van der Waals surface area contributed by atoms with Gasteiger partial charge in [-0.2, -0.15) is 11.8 Å². The molecule has 0 aliphatic carbocycles. The van der Waals surface area contributed by atoms with Crippen molar-refractivity contribution < 1.29 is 19.4 Å². The minimum absolute atomic E-state index is 0.119. The Labute approximate surface area is 117 Å². The van der Waals surface area contributed by atoms with E-state index < -0.39 is 12.1 Å². The molecule has 2 amide bonds. The zero-order valence-electron chi connectivity index (χ0n) is 11.3. The van der Waals surface area contributed by atoms with Crippen molar-refractivity contribution in [2.45, 2.75) is 25.4 Å². The number of morpholine rings is 1. The molecule has 1 aliphatic heterocycles. The lowest BCUT2D eigenvalue weighted by molar-refractivity contribution is -0.154. The summed E-state index contributed by atoms with van der Waals surface area (Å²) in [6.45, 7) is 1.48. The molecule has 0 bridgehead atoms. The van der Waals surface area contributed by atoms with E-state index in [0.29, 0.717) is 13.1 Å². The molecule has 1 heterocycles. The highest BCUT2D eigenvalue weighted by Crippen LogP contribution is 2.06. The normalized spacial score (nSPS) is 19.2. The molecule has 1 saturated heterocycles. The predicted molar refractivity (Wildman–Crippen MR) is 74.6 cm³/mol. The highest BCUT2D eigenvalue weighted by atomic mass is 32.2. The maximum absolute atomic E-state index is 11.8. The molecule has 0 aromatic heterocycles. The fourth-order valence-corrected chi connectivity index (χ4v) is 2.33. The number of aliphatic carboxylic acids is 1. The topological polar surface area (TPSA) is 78.9 Å². The Kier molecular flexibility index (Phi) is 7.66. The molecule has 7 heteroatoms. The minimum Gasteiger partial charge on any atom is -0.479 e. The van der Waals surface area contributed by atoms with Gasteiger partial charge in [0, 0.05) is 13.1 Å². The highest BCUT2D eigenvalue weighted by molar-refractivity contribution is 7.98. The molecular weight excluding hydrogens is 268 g/mol. The predicted octanol–water partition coefficient (Wildman–Crippen LogP) is 1.01. The number of thioether (sulfide) groups is 1. The molecule has 1 unspecified atom stereocenters. The quantitative estimate of drug-likeness (QED) is 0.684. The van der Waals surface area contributed by atoms with E-state index in [1.807, 2.05) is 11.8 Å². The number of carbonyl (C=O) groups is 2. The summed E-state index contributed by atoms with van der Waals surface area (Å²) in [5.41, 5.74) is 0. The molecule has 1 aliphatic rings. The largest absolute Gasteiger partial charge is 0.479 e. The molecule has 2 N–H and O–H groups in total. The number of carboxylic acid groups (broad SMARTS) is 1. The molecule has 0 spiro atoms. The lowest BCUT2D eigenvalue weighted by Gasteiger charge is -2.30. The average molecular weight is 290 g/mol. The van der Waals surface area contributed by atoms with Gasteiger partial charge in [-0.15, -0.1) is 0 Å². The van der Waals surface area contributed by atoms with E-state index in [4.69, 9.17) is 9.84 Å². The van der Waals surface area contributed by atoms with Crippen molar-refractivity contribution in [2.75, 3.05) is 38.2 Å². The van der Waals surface area contributed by atoms with Gasteiger partial charge in [-0.1, -0.05) is 6.42 Å². The van der Waals surface area contributed by atoms with Crippen molar-refractivity contribution in [3.63, 3.8) is 0 Å². The number of amides is 2. The maximum Gasteiger partial charge on any atom is 0.334 e. The number of urea groups is 1. The number of rotatable bonds is 7. The molecular formula is C12H22N2O4S. The third-order valence-electron chi connectivity index (χ3n) is 2.93. The van der Waals surface area contributed by atoms with Crippen LogP contribution in [0.2, 0.25) is 0 Å². The summed E-state index contributed by atoms with van der Waals surface area (Å²) in [5, 5.41) is 11.7. The van der Waals surface area contributed by atoms with Gasteiger partial charge in [-0.05, 0) is 24.9 Å². The Morgan fingerprint density at radius 2 is 2.21 bits per heavy atom. The average Bonchev–Trinajstić information content (AvgIpc) is 2.42. The van der Waals surface area contributed by atoms with E-state index in [0.717, 1.165) is 25.0 Å². The fourth-order valence-electron chi connectivity index (χ4n) is 1.84. The van der Waals surface area contributed by atoms with Gasteiger partial charge in [-0.3, -0.25) is 0 Å². The number of ether oxygens (including phenoxy) is 1. The van der Waals surface area contributed by atoms with Crippen LogP contribution >= 0.6 is 11.8 Å². The van der Waals surface area contributed by atoms with E-state index in [2.05, 4.69) is 11.6 Å². The van der Waals surface area contributed by atoms with Crippen molar-refractivity contribution in [1.29, 1.82) is 0 Å². The van der Waals surface area contributed by atoms with Crippen LogP contribution < -0.4 is 5.32 Å². The minimum atomic E-state index is -1.02. The van der Waals surface area contributed by atoms with Crippen molar-refractivity contribution in [3.8, 4) is 0 Å². The van der Waals surface area contributed by atoms with Gasteiger partial charge in [0.05, 0.1) is 13.2 Å². The van der Waals surface area contributed by atoms with Gasteiger partial charge in [0.25, 0.3) is 0 Å². The fraction of sp³-hybridized carbons (Fsp3) is 0.833. The van der Waals surface area contributed by atoms with Crippen LogP contribution in [-0.4, -0.2) is 66.4 Å². The first-order chi connectivity index (χ1) is 9.15.